The monoisotopic (exact) mass is 665 g/mol. The van der Waals surface area contributed by atoms with Crippen LogP contribution in [0.2, 0.25) is 0 Å². The molecule has 5 nitrogen and oxygen atoms in total. The number of hydrogen-bond donors (Lipinski definition) is 0. The van der Waals surface area contributed by atoms with Gasteiger partial charge in [0.25, 0.3) is 0 Å². The molecular formula is C47H27N3O2. The van der Waals surface area contributed by atoms with Crippen molar-refractivity contribution in [2.45, 2.75) is 0 Å². The molecule has 0 spiro atoms. The van der Waals surface area contributed by atoms with Gasteiger partial charge in [-0.05, 0) is 63.7 Å². The molecule has 52 heavy (non-hydrogen) atoms. The predicted molar refractivity (Wildman–Crippen MR) is 211 cm³/mol. The van der Waals surface area contributed by atoms with Crippen LogP contribution in [-0.2, 0) is 0 Å². The first kappa shape index (κ1) is 28.7. The fraction of sp³-hybridized carbons (Fsp3) is 0. The fourth-order valence-corrected chi connectivity index (χ4v) is 7.65. The van der Waals surface area contributed by atoms with Gasteiger partial charge in [-0.25, -0.2) is 15.0 Å². The predicted octanol–water partition coefficient (Wildman–Crippen LogP) is 12.6. The molecule has 0 unspecified atom stereocenters. The van der Waals surface area contributed by atoms with E-state index >= 15 is 0 Å². The Balaban J connectivity index is 1.21. The first-order chi connectivity index (χ1) is 25.7. The fourth-order valence-electron chi connectivity index (χ4n) is 7.65. The summed E-state index contributed by atoms with van der Waals surface area (Å²) in [6, 6.07) is 56.3. The Bertz CT molecular complexity index is 3190. The smallest absolute Gasteiger partial charge is 0.164 e. The zero-order valence-electron chi connectivity index (χ0n) is 27.7. The van der Waals surface area contributed by atoms with Gasteiger partial charge in [-0.1, -0.05) is 127 Å². The number of furan rings is 2. The largest absolute Gasteiger partial charge is 0.456 e. The maximum absolute atomic E-state index is 6.78. The van der Waals surface area contributed by atoms with Crippen LogP contribution in [0.25, 0.3) is 111 Å². The zero-order chi connectivity index (χ0) is 34.2. The number of para-hydroxylation sites is 1. The van der Waals surface area contributed by atoms with Crippen LogP contribution >= 0.6 is 0 Å². The summed E-state index contributed by atoms with van der Waals surface area (Å²) in [6.07, 6.45) is 0. The summed E-state index contributed by atoms with van der Waals surface area (Å²) < 4.78 is 13.1. The summed E-state index contributed by atoms with van der Waals surface area (Å²) in [4.78, 5) is 15.6. The SMILES string of the molecule is c1ccc(-c2cc(-c3nc(-c4ccc5ccccc5c4)nc(-c4cccc5oc6ccccc6c45)n3)cc3oc4c5ccccc5ccc4c23)cc1. The van der Waals surface area contributed by atoms with Crippen molar-refractivity contribution in [1.29, 1.82) is 0 Å². The van der Waals surface area contributed by atoms with Gasteiger partial charge in [-0.2, -0.15) is 0 Å². The standard InChI is InChI=1S/C47H27N3O2/c1-2-12-29(13-3-1)38-26-33(27-41-43(38)36-24-23-30-14-6-7-16-34(30)44(36)52-41)46-48-45(32-22-21-28-11-4-5-15-31(28)25-32)49-47(50-46)37-18-10-20-40-42(37)35-17-8-9-19-39(35)51-40/h1-27H. The van der Waals surface area contributed by atoms with E-state index in [1.807, 2.05) is 36.4 Å². The van der Waals surface area contributed by atoms with Gasteiger partial charge in [0.1, 0.15) is 22.3 Å². The van der Waals surface area contributed by atoms with Crippen molar-refractivity contribution in [2.24, 2.45) is 0 Å². The molecule has 0 aliphatic carbocycles. The average molecular weight is 666 g/mol. The maximum atomic E-state index is 6.78. The highest BCUT2D eigenvalue weighted by atomic mass is 16.3. The van der Waals surface area contributed by atoms with Crippen LogP contribution in [0.5, 0.6) is 0 Å². The molecule has 0 atom stereocenters. The lowest BCUT2D eigenvalue weighted by molar-refractivity contribution is 0.669. The van der Waals surface area contributed by atoms with Gasteiger partial charge in [-0.3, -0.25) is 0 Å². The molecule has 242 valence electrons. The molecule has 0 amide bonds. The molecule has 0 aliphatic heterocycles. The van der Waals surface area contributed by atoms with E-state index in [0.717, 1.165) is 93.2 Å². The lowest BCUT2D eigenvalue weighted by Crippen LogP contribution is -2.01. The van der Waals surface area contributed by atoms with Crippen LogP contribution in [-0.4, -0.2) is 15.0 Å². The van der Waals surface area contributed by atoms with Crippen LogP contribution in [0.3, 0.4) is 0 Å². The number of nitrogens with zero attached hydrogens (tertiary/aromatic N) is 3. The lowest BCUT2D eigenvalue weighted by atomic mass is 9.96. The Morgan fingerprint density at radius 2 is 1.00 bits per heavy atom. The average Bonchev–Trinajstić information content (AvgIpc) is 3.79. The molecular weight excluding hydrogens is 639 g/mol. The van der Waals surface area contributed by atoms with Gasteiger partial charge in [0.05, 0.1) is 0 Å². The number of benzene rings is 8. The number of aromatic nitrogens is 3. The Morgan fingerprint density at radius 3 is 1.88 bits per heavy atom. The van der Waals surface area contributed by atoms with Crippen molar-refractivity contribution in [3.8, 4) is 45.3 Å². The van der Waals surface area contributed by atoms with Crippen molar-refractivity contribution in [2.75, 3.05) is 0 Å². The zero-order valence-corrected chi connectivity index (χ0v) is 27.7. The molecule has 0 N–H and O–H groups in total. The Kier molecular flexibility index (Phi) is 6.18. The molecule has 3 aromatic heterocycles. The molecule has 0 aliphatic rings. The van der Waals surface area contributed by atoms with E-state index in [-0.39, 0.29) is 0 Å². The molecule has 5 heteroatoms. The Hall–Kier alpha value is -7.11. The molecule has 0 fully saturated rings. The molecule has 0 saturated heterocycles. The van der Waals surface area contributed by atoms with E-state index in [1.54, 1.807) is 0 Å². The van der Waals surface area contributed by atoms with E-state index in [4.69, 9.17) is 23.8 Å². The highest BCUT2D eigenvalue weighted by Crippen LogP contribution is 2.42. The second-order valence-electron chi connectivity index (χ2n) is 13.2. The number of hydrogen-bond acceptors (Lipinski definition) is 5. The van der Waals surface area contributed by atoms with Crippen LogP contribution in [0.4, 0.5) is 0 Å². The van der Waals surface area contributed by atoms with Gasteiger partial charge < -0.3 is 8.83 Å². The summed E-state index contributed by atoms with van der Waals surface area (Å²) in [5.74, 6) is 1.72. The van der Waals surface area contributed by atoms with Crippen molar-refractivity contribution in [3.63, 3.8) is 0 Å². The van der Waals surface area contributed by atoms with E-state index in [0.29, 0.717) is 17.5 Å². The third-order valence-electron chi connectivity index (χ3n) is 10.1. The van der Waals surface area contributed by atoms with Crippen molar-refractivity contribution < 1.29 is 8.83 Å². The van der Waals surface area contributed by atoms with Gasteiger partial charge in [0.15, 0.2) is 17.5 Å². The van der Waals surface area contributed by atoms with Crippen molar-refractivity contribution >= 4 is 65.4 Å². The Labute approximate surface area is 297 Å². The molecule has 0 radical (unpaired) electrons. The topological polar surface area (TPSA) is 65.0 Å². The molecule has 0 bridgehead atoms. The van der Waals surface area contributed by atoms with Crippen LogP contribution in [0.1, 0.15) is 0 Å². The highest BCUT2D eigenvalue weighted by molar-refractivity contribution is 6.20. The summed E-state index contributed by atoms with van der Waals surface area (Å²) in [5.41, 5.74) is 8.03. The second-order valence-corrected chi connectivity index (χ2v) is 13.2. The number of rotatable bonds is 4. The van der Waals surface area contributed by atoms with Gasteiger partial charge in [0.2, 0.25) is 0 Å². The molecule has 3 heterocycles. The summed E-state index contributed by atoms with van der Waals surface area (Å²) in [6.45, 7) is 0. The normalized spacial score (nSPS) is 11.8. The third-order valence-corrected chi connectivity index (χ3v) is 10.1. The first-order valence-corrected chi connectivity index (χ1v) is 17.3. The van der Waals surface area contributed by atoms with E-state index in [9.17, 15) is 0 Å². The van der Waals surface area contributed by atoms with Gasteiger partial charge in [-0.15, -0.1) is 0 Å². The van der Waals surface area contributed by atoms with Crippen LogP contribution < -0.4 is 0 Å². The lowest BCUT2D eigenvalue weighted by Gasteiger charge is -2.11. The van der Waals surface area contributed by atoms with Crippen molar-refractivity contribution in [1.82, 2.24) is 15.0 Å². The van der Waals surface area contributed by atoms with Crippen molar-refractivity contribution in [3.05, 3.63) is 164 Å². The number of fused-ring (bicyclic) bond motifs is 9. The quantitative estimate of drug-likeness (QED) is 0.187. The van der Waals surface area contributed by atoms with E-state index in [2.05, 4.69) is 127 Å². The molecule has 11 aromatic rings. The van der Waals surface area contributed by atoms with E-state index < -0.39 is 0 Å². The molecule has 8 aromatic carbocycles. The van der Waals surface area contributed by atoms with Crippen LogP contribution in [0.15, 0.2) is 173 Å². The minimum atomic E-state index is 0.558. The molecule has 0 saturated carbocycles. The maximum Gasteiger partial charge on any atom is 0.164 e. The highest BCUT2D eigenvalue weighted by Gasteiger charge is 2.21. The minimum Gasteiger partial charge on any atom is -0.456 e. The summed E-state index contributed by atoms with van der Waals surface area (Å²) in [5, 5.41) is 8.63. The molecule has 11 rings (SSSR count). The van der Waals surface area contributed by atoms with E-state index in [1.165, 1.54) is 0 Å². The first-order valence-electron chi connectivity index (χ1n) is 17.3. The van der Waals surface area contributed by atoms with Crippen LogP contribution in [0, 0.1) is 0 Å². The summed E-state index contributed by atoms with van der Waals surface area (Å²) in [7, 11) is 0. The Morgan fingerprint density at radius 1 is 0.327 bits per heavy atom. The van der Waals surface area contributed by atoms with Gasteiger partial charge in [0, 0.05) is 43.6 Å². The minimum absolute atomic E-state index is 0.558. The third kappa shape index (κ3) is 4.46. The van der Waals surface area contributed by atoms with Gasteiger partial charge >= 0.3 is 0 Å². The summed E-state index contributed by atoms with van der Waals surface area (Å²) >= 11 is 0. The second kappa shape index (κ2) is 11.2.